The molecular formula is C23H24N2O3S. The summed E-state index contributed by atoms with van der Waals surface area (Å²) in [5, 5.41) is 6.95. The van der Waals surface area contributed by atoms with Crippen LogP contribution >= 0.6 is 12.2 Å². The minimum Gasteiger partial charge on any atom is -0.495 e. The van der Waals surface area contributed by atoms with Gasteiger partial charge in [0, 0.05) is 6.54 Å². The largest absolute Gasteiger partial charge is 0.495 e. The van der Waals surface area contributed by atoms with E-state index in [1.165, 1.54) is 0 Å². The zero-order valence-corrected chi connectivity index (χ0v) is 17.5. The van der Waals surface area contributed by atoms with Crippen LogP contribution in [0.25, 0.3) is 11.1 Å². The van der Waals surface area contributed by atoms with E-state index in [1.54, 1.807) is 21.3 Å². The molecule has 0 aliphatic rings. The molecule has 0 aromatic heterocycles. The molecule has 0 bridgehead atoms. The highest BCUT2D eigenvalue weighted by Crippen LogP contribution is 2.31. The third kappa shape index (κ3) is 5.18. The fourth-order valence-electron chi connectivity index (χ4n) is 2.96. The highest BCUT2D eigenvalue weighted by atomic mass is 32.1. The standard InChI is InChI=1S/C23H24N2O3S/c1-26-20-12-10-18(17-7-5-4-6-8-17)14-19(20)25-23(29)24-15-16-9-11-21(27-2)22(13-16)28-3/h4-14H,15H2,1-3H3,(H2,24,25,29). The number of thiocarbonyl (C=S) groups is 1. The van der Waals surface area contributed by atoms with Crippen molar-refractivity contribution in [1.82, 2.24) is 5.32 Å². The van der Waals surface area contributed by atoms with Crippen LogP contribution in [0.5, 0.6) is 17.2 Å². The summed E-state index contributed by atoms with van der Waals surface area (Å²) in [6.45, 7) is 0.548. The van der Waals surface area contributed by atoms with Crippen LogP contribution in [0.2, 0.25) is 0 Å². The van der Waals surface area contributed by atoms with Crippen LogP contribution in [0.3, 0.4) is 0 Å². The Morgan fingerprint density at radius 1 is 0.759 bits per heavy atom. The molecule has 0 aliphatic heterocycles. The molecule has 0 spiro atoms. The average molecular weight is 409 g/mol. The van der Waals surface area contributed by atoms with Gasteiger partial charge in [0.25, 0.3) is 0 Å². The predicted molar refractivity (Wildman–Crippen MR) is 121 cm³/mol. The minimum atomic E-state index is 0.503. The van der Waals surface area contributed by atoms with Crippen molar-refractivity contribution in [3.8, 4) is 28.4 Å². The summed E-state index contributed by atoms with van der Waals surface area (Å²) in [6.07, 6.45) is 0. The molecule has 3 aromatic carbocycles. The topological polar surface area (TPSA) is 51.8 Å². The SMILES string of the molecule is COc1ccc(-c2ccccc2)cc1NC(=S)NCc1ccc(OC)c(OC)c1. The first-order valence-corrected chi connectivity index (χ1v) is 9.54. The van der Waals surface area contributed by atoms with Crippen molar-refractivity contribution >= 4 is 23.0 Å². The monoisotopic (exact) mass is 408 g/mol. The van der Waals surface area contributed by atoms with Crippen LogP contribution in [-0.2, 0) is 6.54 Å². The van der Waals surface area contributed by atoms with Crippen LogP contribution in [0.1, 0.15) is 5.56 Å². The second-order valence-corrected chi connectivity index (χ2v) is 6.69. The fourth-order valence-corrected chi connectivity index (χ4v) is 3.14. The van der Waals surface area contributed by atoms with Crippen LogP contribution in [0.15, 0.2) is 66.7 Å². The second-order valence-electron chi connectivity index (χ2n) is 6.28. The number of methoxy groups -OCH3 is 3. The summed E-state index contributed by atoms with van der Waals surface area (Å²) >= 11 is 5.48. The van der Waals surface area contributed by atoms with E-state index in [0.717, 1.165) is 28.1 Å². The number of hydrogen-bond donors (Lipinski definition) is 2. The fraction of sp³-hybridized carbons (Fsp3) is 0.174. The predicted octanol–water partition coefficient (Wildman–Crippen LogP) is 4.87. The number of hydrogen-bond acceptors (Lipinski definition) is 4. The van der Waals surface area contributed by atoms with E-state index in [-0.39, 0.29) is 0 Å². The van der Waals surface area contributed by atoms with Gasteiger partial charge in [-0.15, -0.1) is 0 Å². The molecule has 0 radical (unpaired) electrons. The molecule has 0 unspecified atom stereocenters. The normalized spacial score (nSPS) is 10.2. The Labute approximate surface area is 176 Å². The first kappa shape index (κ1) is 20.5. The molecule has 150 valence electrons. The molecule has 3 aromatic rings. The first-order chi connectivity index (χ1) is 14.1. The molecule has 2 N–H and O–H groups in total. The Morgan fingerprint density at radius 2 is 1.45 bits per heavy atom. The Balaban J connectivity index is 1.70. The van der Waals surface area contributed by atoms with Gasteiger partial charge in [0.1, 0.15) is 5.75 Å². The summed E-state index contributed by atoms with van der Waals surface area (Å²) in [4.78, 5) is 0. The molecule has 0 saturated heterocycles. The lowest BCUT2D eigenvalue weighted by atomic mass is 10.0. The molecule has 5 nitrogen and oxygen atoms in total. The summed E-state index contributed by atoms with van der Waals surface area (Å²) in [6, 6.07) is 21.9. The summed E-state index contributed by atoms with van der Waals surface area (Å²) in [5.74, 6) is 2.10. The van der Waals surface area contributed by atoms with Gasteiger partial charge in [-0.25, -0.2) is 0 Å². The zero-order valence-electron chi connectivity index (χ0n) is 16.7. The molecule has 3 rings (SSSR count). The second kappa shape index (κ2) is 9.80. The summed E-state index contributed by atoms with van der Waals surface area (Å²) in [7, 11) is 4.88. The van der Waals surface area contributed by atoms with Crippen molar-refractivity contribution < 1.29 is 14.2 Å². The number of nitrogens with one attached hydrogen (secondary N) is 2. The van der Waals surface area contributed by atoms with Crippen LogP contribution in [0.4, 0.5) is 5.69 Å². The lowest BCUT2D eigenvalue weighted by molar-refractivity contribution is 0.354. The van der Waals surface area contributed by atoms with E-state index in [2.05, 4.69) is 22.8 Å². The molecule has 29 heavy (non-hydrogen) atoms. The molecule has 0 saturated carbocycles. The summed E-state index contributed by atoms with van der Waals surface area (Å²) in [5.41, 5.74) is 4.04. The van der Waals surface area contributed by atoms with Gasteiger partial charge in [-0.3, -0.25) is 0 Å². The minimum absolute atomic E-state index is 0.503. The van der Waals surface area contributed by atoms with Gasteiger partial charge >= 0.3 is 0 Å². The molecule has 0 aliphatic carbocycles. The molecule has 0 amide bonds. The number of rotatable bonds is 7. The van der Waals surface area contributed by atoms with Crippen LogP contribution in [-0.4, -0.2) is 26.4 Å². The van der Waals surface area contributed by atoms with E-state index >= 15 is 0 Å². The van der Waals surface area contributed by atoms with Gasteiger partial charge in [-0.05, 0) is 53.2 Å². The maximum atomic E-state index is 5.48. The van der Waals surface area contributed by atoms with Gasteiger partial charge in [0.2, 0.25) is 0 Å². The summed E-state index contributed by atoms with van der Waals surface area (Å²) < 4.78 is 16.1. The van der Waals surface area contributed by atoms with Crippen molar-refractivity contribution in [2.45, 2.75) is 6.54 Å². The average Bonchev–Trinajstić information content (AvgIpc) is 2.78. The number of benzene rings is 3. The zero-order chi connectivity index (χ0) is 20.6. The van der Waals surface area contributed by atoms with Crippen molar-refractivity contribution in [3.63, 3.8) is 0 Å². The molecular weight excluding hydrogens is 384 g/mol. The Hall–Kier alpha value is -3.25. The maximum Gasteiger partial charge on any atom is 0.171 e. The first-order valence-electron chi connectivity index (χ1n) is 9.14. The lowest BCUT2D eigenvalue weighted by Crippen LogP contribution is -2.28. The van der Waals surface area contributed by atoms with Crippen molar-refractivity contribution in [1.29, 1.82) is 0 Å². The van der Waals surface area contributed by atoms with Gasteiger partial charge in [-0.2, -0.15) is 0 Å². The lowest BCUT2D eigenvalue weighted by Gasteiger charge is -2.15. The third-order valence-corrected chi connectivity index (χ3v) is 4.70. The maximum absolute atomic E-state index is 5.48. The highest BCUT2D eigenvalue weighted by Gasteiger charge is 2.09. The number of anilines is 1. The van der Waals surface area contributed by atoms with E-state index in [1.807, 2.05) is 54.6 Å². The van der Waals surface area contributed by atoms with Gasteiger partial charge in [-0.1, -0.05) is 42.5 Å². The highest BCUT2D eigenvalue weighted by molar-refractivity contribution is 7.80. The van der Waals surface area contributed by atoms with Crippen molar-refractivity contribution in [2.24, 2.45) is 0 Å². The molecule has 0 heterocycles. The van der Waals surface area contributed by atoms with Gasteiger partial charge in [0.05, 0.1) is 27.0 Å². The van der Waals surface area contributed by atoms with Crippen LogP contribution in [0, 0.1) is 0 Å². The van der Waals surface area contributed by atoms with E-state index in [9.17, 15) is 0 Å². The molecule has 0 fully saturated rings. The quantitative estimate of drug-likeness (QED) is 0.544. The van der Waals surface area contributed by atoms with Gasteiger partial charge in [0.15, 0.2) is 16.6 Å². The number of ether oxygens (including phenoxy) is 3. The Bertz CT molecular complexity index is 977. The van der Waals surface area contributed by atoms with Crippen molar-refractivity contribution in [2.75, 3.05) is 26.6 Å². The molecule has 6 heteroatoms. The Kier molecular flexibility index (Phi) is 6.92. The van der Waals surface area contributed by atoms with Crippen LogP contribution < -0.4 is 24.8 Å². The Morgan fingerprint density at radius 3 is 2.14 bits per heavy atom. The molecule has 0 atom stereocenters. The smallest absolute Gasteiger partial charge is 0.171 e. The van der Waals surface area contributed by atoms with E-state index < -0.39 is 0 Å². The van der Waals surface area contributed by atoms with Crippen molar-refractivity contribution in [3.05, 3.63) is 72.3 Å². The third-order valence-electron chi connectivity index (χ3n) is 4.46. The van der Waals surface area contributed by atoms with Gasteiger partial charge < -0.3 is 24.8 Å². The van der Waals surface area contributed by atoms with E-state index in [4.69, 9.17) is 26.4 Å². The van der Waals surface area contributed by atoms with E-state index in [0.29, 0.717) is 23.2 Å².